The molecule has 1 atom stereocenters. The summed E-state index contributed by atoms with van der Waals surface area (Å²) >= 11 is 5.87. The van der Waals surface area contributed by atoms with Gasteiger partial charge in [0, 0.05) is 11.1 Å². The Hall–Kier alpha value is -1.85. The van der Waals surface area contributed by atoms with Gasteiger partial charge in [-0.15, -0.1) is 0 Å². The summed E-state index contributed by atoms with van der Waals surface area (Å²) in [4.78, 5) is 22.0. The molecule has 0 bridgehead atoms. The van der Waals surface area contributed by atoms with E-state index < -0.39 is 24.5 Å². The van der Waals surface area contributed by atoms with Gasteiger partial charge >= 0.3 is 5.97 Å². The van der Waals surface area contributed by atoms with Gasteiger partial charge in [-0.25, -0.2) is 4.79 Å². The van der Waals surface area contributed by atoms with Crippen LogP contribution < -0.4 is 5.32 Å². The molecule has 5 nitrogen and oxygen atoms in total. The summed E-state index contributed by atoms with van der Waals surface area (Å²) in [6.07, 6.45) is 2.63. The lowest BCUT2D eigenvalue weighted by molar-refractivity contribution is -0.142. The average molecular weight is 270 g/mol. The number of hydrogen-bond donors (Lipinski definition) is 3. The van der Waals surface area contributed by atoms with Crippen LogP contribution in [0.2, 0.25) is 5.02 Å². The second kappa shape index (κ2) is 6.78. The van der Waals surface area contributed by atoms with Gasteiger partial charge in [-0.3, -0.25) is 4.79 Å². The largest absolute Gasteiger partial charge is 0.480 e. The van der Waals surface area contributed by atoms with Crippen LogP contribution in [0.3, 0.4) is 0 Å². The highest BCUT2D eigenvalue weighted by Crippen LogP contribution is 2.15. The normalized spacial score (nSPS) is 12.3. The Labute approximate surface area is 109 Å². The van der Waals surface area contributed by atoms with Crippen molar-refractivity contribution < 1.29 is 19.8 Å². The fourth-order valence-electron chi connectivity index (χ4n) is 1.18. The maximum atomic E-state index is 11.4. The molecule has 1 aromatic rings. The SMILES string of the molecule is O=C(/C=C/c1ccccc1Cl)N[C@@H](CO)C(=O)O. The van der Waals surface area contributed by atoms with Crippen LogP contribution in [0.1, 0.15) is 5.56 Å². The van der Waals surface area contributed by atoms with Crippen molar-refractivity contribution in [2.45, 2.75) is 6.04 Å². The molecular formula is C12H12ClNO4. The predicted octanol–water partition coefficient (Wildman–Crippen LogP) is 0.915. The summed E-state index contributed by atoms with van der Waals surface area (Å²) in [6.45, 7) is -0.666. The molecule has 1 aromatic carbocycles. The van der Waals surface area contributed by atoms with Gasteiger partial charge in [0.1, 0.15) is 0 Å². The Bertz CT molecular complexity index is 473. The summed E-state index contributed by atoms with van der Waals surface area (Å²) in [7, 11) is 0. The van der Waals surface area contributed by atoms with Gasteiger partial charge in [-0.1, -0.05) is 29.8 Å². The highest BCUT2D eigenvalue weighted by atomic mass is 35.5. The molecule has 0 aliphatic rings. The van der Waals surface area contributed by atoms with Crippen LogP contribution in [0.25, 0.3) is 6.08 Å². The van der Waals surface area contributed by atoms with Crippen molar-refractivity contribution in [3.8, 4) is 0 Å². The van der Waals surface area contributed by atoms with E-state index in [2.05, 4.69) is 5.32 Å². The van der Waals surface area contributed by atoms with Gasteiger partial charge in [-0.2, -0.15) is 0 Å². The molecule has 0 saturated carbocycles. The Morgan fingerprint density at radius 1 is 1.39 bits per heavy atom. The number of carbonyl (C=O) groups excluding carboxylic acids is 1. The zero-order valence-electron chi connectivity index (χ0n) is 9.34. The molecule has 1 amide bonds. The Kier molecular flexibility index (Phi) is 5.35. The van der Waals surface area contributed by atoms with Gasteiger partial charge in [0.05, 0.1) is 6.61 Å². The van der Waals surface area contributed by atoms with Crippen LogP contribution in [0.15, 0.2) is 30.3 Å². The number of halogens is 1. The highest BCUT2D eigenvalue weighted by molar-refractivity contribution is 6.32. The van der Waals surface area contributed by atoms with E-state index in [0.717, 1.165) is 6.08 Å². The molecule has 0 radical (unpaired) electrons. The lowest BCUT2D eigenvalue weighted by Crippen LogP contribution is -2.42. The minimum atomic E-state index is -1.31. The number of carboxylic acids is 1. The molecule has 0 aliphatic carbocycles. The smallest absolute Gasteiger partial charge is 0.328 e. The molecule has 3 N–H and O–H groups in total. The van der Waals surface area contributed by atoms with E-state index in [1.165, 1.54) is 6.08 Å². The van der Waals surface area contributed by atoms with Crippen molar-refractivity contribution >= 4 is 29.6 Å². The monoisotopic (exact) mass is 269 g/mol. The third-order valence-corrected chi connectivity index (χ3v) is 2.46. The fraction of sp³-hybridized carbons (Fsp3) is 0.167. The maximum absolute atomic E-state index is 11.4. The molecule has 0 spiro atoms. The Morgan fingerprint density at radius 3 is 2.61 bits per heavy atom. The lowest BCUT2D eigenvalue weighted by atomic mass is 10.2. The van der Waals surface area contributed by atoms with Crippen LogP contribution in [0.5, 0.6) is 0 Å². The van der Waals surface area contributed by atoms with Gasteiger partial charge < -0.3 is 15.5 Å². The van der Waals surface area contributed by atoms with Crippen LogP contribution in [0, 0.1) is 0 Å². The molecule has 18 heavy (non-hydrogen) atoms. The van der Waals surface area contributed by atoms with E-state index in [4.69, 9.17) is 21.8 Å². The fourth-order valence-corrected chi connectivity index (χ4v) is 1.38. The number of carbonyl (C=O) groups is 2. The summed E-state index contributed by atoms with van der Waals surface area (Å²) in [5.74, 6) is -1.91. The topological polar surface area (TPSA) is 86.6 Å². The predicted molar refractivity (Wildman–Crippen MR) is 67.1 cm³/mol. The summed E-state index contributed by atoms with van der Waals surface area (Å²) in [5, 5.41) is 20.0. The second-order valence-electron chi connectivity index (χ2n) is 3.44. The maximum Gasteiger partial charge on any atom is 0.328 e. The molecule has 0 heterocycles. The van der Waals surface area contributed by atoms with Crippen molar-refractivity contribution in [1.82, 2.24) is 5.32 Å². The standard InChI is InChI=1S/C12H12ClNO4/c13-9-4-2-1-3-8(9)5-6-11(16)14-10(7-15)12(17)18/h1-6,10,15H,7H2,(H,14,16)(H,17,18)/b6-5+/t10-/m0/s1. The average Bonchev–Trinajstić information content (AvgIpc) is 2.34. The minimum Gasteiger partial charge on any atom is -0.480 e. The molecule has 0 aromatic heterocycles. The van der Waals surface area contributed by atoms with Crippen molar-refractivity contribution in [3.63, 3.8) is 0 Å². The number of aliphatic hydroxyl groups excluding tert-OH is 1. The number of hydrogen-bond acceptors (Lipinski definition) is 3. The number of aliphatic hydroxyl groups is 1. The van der Waals surface area contributed by atoms with Crippen LogP contribution >= 0.6 is 11.6 Å². The number of rotatable bonds is 5. The van der Waals surface area contributed by atoms with Crippen LogP contribution in [0.4, 0.5) is 0 Å². The molecule has 0 unspecified atom stereocenters. The van der Waals surface area contributed by atoms with E-state index in [1.807, 2.05) is 0 Å². The van der Waals surface area contributed by atoms with E-state index >= 15 is 0 Å². The first-order valence-electron chi connectivity index (χ1n) is 5.11. The third kappa shape index (κ3) is 4.20. The molecule has 0 aliphatic heterocycles. The zero-order valence-corrected chi connectivity index (χ0v) is 10.1. The number of aliphatic carboxylic acids is 1. The molecule has 0 saturated heterocycles. The Morgan fingerprint density at radius 2 is 2.06 bits per heavy atom. The molecular weight excluding hydrogens is 258 g/mol. The van der Waals surface area contributed by atoms with Gasteiger partial charge in [0.15, 0.2) is 6.04 Å². The van der Waals surface area contributed by atoms with Gasteiger partial charge in [0.2, 0.25) is 5.91 Å². The summed E-state index contributed by atoms with van der Waals surface area (Å²) in [6, 6.07) is 5.59. The molecule has 96 valence electrons. The molecule has 0 fully saturated rings. The number of benzene rings is 1. The lowest BCUT2D eigenvalue weighted by Gasteiger charge is -2.09. The number of amides is 1. The van der Waals surface area contributed by atoms with Gasteiger partial charge in [0.25, 0.3) is 0 Å². The van der Waals surface area contributed by atoms with Crippen LogP contribution in [-0.2, 0) is 9.59 Å². The first-order valence-corrected chi connectivity index (χ1v) is 5.49. The van der Waals surface area contributed by atoms with Crippen LogP contribution in [-0.4, -0.2) is 34.7 Å². The summed E-state index contributed by atoms with van der Waals surface area (Å²) in [5.41, 5.74) is 0.644. The quantitative estimate of drug-likeness (QED) is 0.694. The third-order valence-electron chi connectivity index (χ3n) is 2.12. The minimum absolute atomic E-state index is 0.485. The molecule has 6 heteroatoms. The Balaban J connectivity index is 2.65. The highest BCUT2D eigenvalue weighted by Gasteiger charge is 2.16. The first-order chi connectivity index (χ1) is 8.54. The van der Waals surface area contributed by atoms with E-state index in [1.54, 1.807) is 24.3 Å². The molecule has 1 rings (SSSR count). The second-order valence-corrected chi connectivity index (χ2v) is 3.84. The van der Waals surface area contributed by atoms with Crippen molar-refractivity contribution in [2.24, 2.45) is 0 Å². The van der Waals surface area contributed by atoms with Crippen molar-refractivity contribution in [1.29, 1.82) is 0 Å². The number of carboxylic acid groups (broad SMARTS) is 1. The first kappa shape index (κ1) is 14.2. The van der Waals surface area contributed by atoms with E-state index in [9.17, 15) is 9.59 Å². The van der Waals surface area contributed by atoms with E-state index in [-0.39, 0.29) is 0 Å². The summed E-state index contributed by atoms with van der Waals surface area (Å²) < 4.78 is 0. The van der Waals surface area contributed by atoms with Crippen molar-refractivity contribution in [2.75, 3.05) is 6.61 Å². The van der Waals surface area contributed by atoms with Gasteiger partial charge in [-0.05, 0) is 17.7 Å². The zero-order chi connectivity index (χ0) is 13.5. The van der Waals surface area contributed by atoms with Crippen molar-refractivity contribution in [3.05, 3.63) is 40.9 Å². The number of nitrogens with one attached hydrogen (secondary N) is 1. The van der Waals surface area contributed by atoms with E-state index in [0.29, 0.717) is 10.6 Å².